The fourth-order valence-corrected chi connectivity index (χ4v) is 2.90. The first-order valence-corrected chi connectivity index (χ1v) is 10.9. The lowest BCUT2D eigenvalue weighted by atomic mass is 10.1. The number of carbonyl (C=O) groups is 4. The van der Waals surface area contributed by atoms with Crippen LogP contribution < -0.4 is 21.5 Å². The van der Waals surface area contributed by atoms with Crippen molar-refractivity contribution in [2.45, 2.75) is 45.3 Å². The van der Waals surface area contributed by atoms with Crippen molar-refractivity contribution >= 4 is 23.8 Å². The lowest BCUT2D eigenvalue weighted by molar-refractivity contribution is -0.135. The van der Waals surface area contributed by atoms with Crippen molar-refractivity contribution in [3.8, 4) is 0 Å². The van der Waals surface area contributed by atoms with Crippen molar-refractivity contribution < 1.29 is 33.4 Å². The summed E-state index contributed by atoms with van der Waals surface area (Å²) in [7, 11) is 0. The Kier molecular flexibility index (Phi) is 10.1. The molecule has 2 heterocycles. The van der Waals surface area contributed by atoms with Crippen LogP contribution >= 0.6 is 0 Å². The summed E-state index contributed by atoms with van der Waals surface area (Å²) >= 11 is 0. The van der Waals surface area contributed by atoms with Gasteiger partial charge in [-0.15, -0.1) is 0 Å². The molecule has 1 saturated heterocycles. The number of alkyl carbamates (subject to hydrolysis) is 1. The Morgan fingerprint density at radius 2 is 1.74 bits per heavy atom. The molecular weight excluding hydrogens is 450 g/mol. The summed E-state index contributed by atoms with van der Waals surface area (Å²) in [6.45, 7) is 6.95. The lowest BCUT2D eigenvalue weighted by Crippen LogP contribution is -2.44. The number of carbonyl (C=O) groups excluding carboxylic acids is 4. The van der Waals surface area contributed by atoms with Gasteiger partial charge >= 0.3 is 6.09 Å². The van der Waals surface area contributed by atoms with E-state index >= 15 is 0 Å². The standard InChI is InChI=1S/C21H31N5O8/c1-21(2,3)34-20(31)23-7-9-33-11-10-32-8-6-22-18(29)14-12-17(28)26(13-24-14)15-4-5-16(27)25-19(15)30/h12-13,15H,4-11H2,1-3H3,(H,22,29)(H,23,31)(H,25,27,30). The van der Waals surface area contributed by atoms with Crippen LogP contribution in [0.5, 0.6) is 0 Å². The molecule has 3 N–H and O–H groups in total. The van der Waals surface area contributed by atoms with Gasteiger partial charge in [-0.3, -0.25) is 29.1 Å². The van der Waals surface area contributed by atoms with Crippen molar-refractivity contribution in [2.75, 3.05) is 39.5 Å². The number of hydrogen-bond donors (Lipinski definition) is 3. The van der Waals surface area contributed by atoms with Gasteiger partial charge in [-0.2, -0.15) is 0 Å². The average Bonchev–Trinajstić information content (AvgIpc) is 2.74. The van der Waals surface area contributed by atoms with Gasteiger partial charge in [0.2, 0.25) is 11.8 Å². The highest BCUT2D eigenvalue weighted by atomic mass is 16.6. The minimum atomic E-state index is -0.835. The molecule has 1 aromatic rings. The van der Waals surface area contributed by atoms with E-state index in [4.69, 9.17) is 14.2 Å². The quantitative estimate of drug-likeness (QED) is 0.279. The monoisotopic (exact) mass is 481 g/mol. The van der Waals surface area contributed by atoms with Gasteiger partial charge < -0.3 is 24.8 Å². The van der Waals surface area contributed by atoms with Gasteiger partial charge in [-0.25, -0.2) is 9.78 Å². The van der Waals surface area contributed by atoms with Gasteiger partial charge in [0.15, 0.2) is 0 Å². The minimum absolute atomic E-state index is 0.0886. The highest BCUT2D eigenvalue weighted by Gasteiger charge is 2.29. The summed E-state index contributed by atoms with van der Waals surface area (Å²) < 4.78 is 16.9. The van der Waals surface area contributed by atoms with Crippen LogP contribution in [0.15, 0.2) is 17.2 Å². The Morgan fingerprint density at radius 3 is 2.32 bits per heavy atom. The first kappa shape index (κ1) is 26.9. The van der Waals surface area contributed by atoms with E-state index < -0.39 is 35.1 Å². The first-order chi connectivity index (χ1) is 16.1. The Balaban J connectivity index is 1.59. The molecule has 188 valence electrons. The zero-order valence-corrected chi connectivity index (χ0v) is 19.5. The zero-order valence-electron chi connectivity index (χ0n) is 19.5. The van der Waals surface area contributed by atoms with Gasteiger partial charge in [0.1, 0.15) is 17.3 Å². The van der Waals surface area contributed by atoms with Crippen molar-refractivity contribution in [3.05, 3.63) is 28.4 Å². The van der Waals surface area contributed by atoms with Gasteiger partial charge in [0, 0.05) is 25.6 Å². The van der Waals surface area contributed by atoms with Crippen LogP contribution in [0.2, 0.25) is 0 Å². The number of rotatable bonds is 11. The van der Waals surface area contributed by atoms with Crippen molar-refractivity contribution in [3.63, 3.8) is 0 Å². The highest BCUT2D eigenvalue weighted by molar-refractivity contribution is 5.99. The molecule has 13 heteroatoms. The molecule has 34 heavy (non-hydrogen) atoms. The van der Waals surface area contributed by atoms with Crippen LogP contribution in [-0.4, -0.2) is 78.5 Å². The molecule has 0 radical (unpaired) electrons. The van der Waals surface area contributed by atoms with Crippen LogP contribution in [0, 0.1) is 0 Å². The number of piperidine rings is 1. The van der Waals surface area contributed by atoms with E-state index in [0.29, 0.717) is 26.4 Å². The number of imide groups is 1. The molecule has 1 unspecified atom stereocenters. The number of amides is 4. The molecule has 0 aromatic carbocycles. The summed E-state index contributed by atoms with van der Waals surface area (Å²) in [5.41, 5.74) is -1.21. The van der Waals surface area contributed by atoms with Gasteiger partial charge in [0.25, 0.3) is 11.5 Å². The summed E-state index contributed by atoms with van der Waals surface area (Å²) in [6, 6.07) is 0.206. The number of nitrogens with zero attached hydrogens (tertiary/aromatic N) is 2. The third kappa shape index (κ3) is 9.27. The summed E-state index contributed by atoms with van der Waals surface area (Å²) in [5.74, 6) is -1.51. The second kappa shape index (κ2) is 12.8. The maximum Gasteiger partial charge on any atom is 0.407 e. The van der Waals surface area contributed by atoms with Crippen LogP contribution in [0.1, 0.15) is 50.1 Å². The minimum Gasteiger partial charge on any atom is -0.444 e. The van der Waals surface area contributed by atoms with E-state index in [1.165, 1.54) is 0 Å². The van der Waals surface area contributed by atoms with Crippen LogP contribution in [0.4, 0.5) is 4.79 Å². The van der Waals surface area contributed by atoms with Crippen LogP contribution in [-0.2, 0) is 23.8 Å². The Morgan fingerprint density at radius 1 is 1.09 bits per heavy atom. The summed E-state index contributed by atoms with van der Waals surface area (Å²) in [5, 5.41) is 7.33. The fourth-order valence-electron chi connectivity index (χ4n) is 2.90. The predicted molar refractivity (Wildman–Crippen MR) is 118 cm³/mol. The van der Waals surface area contributed by atoms with E-state index in [2.05, 4.69) is 20.9 Å². The van der Waals surface area contributed by atoms with Crippen molar-refractivity contribution in [1.29, 1.82) is 0 Å². The molecule has 1 aliphatic heterocycles. The fraction of sp³-hybridized carbons (Fsp3) is 0.619. The second-order valence-corrected chi connectivity index (χ2v) is 8.40. The molecule has 1 fully saturated rings. The van der Waals surface area contributed by atoms with Crippen LogP contribution in [0.3, 0.4) is 0 Å². The normalized spacial score (nSPS) is 16.0. The Labute approximate surface area is 196 Å². The Bertz CT molecular complexity index is 940. The molecule has 2 rings (SSSR count). The number of nitrogens with one attached hydrogen (secondary N) is 3. The summed E-state index contributed by atoms with van der Waals surface area (Å²) in [4.78, 5) is 63.0. The van der Waals surface area contributed by atoms with E-state index in [1.54, 1.807) is 20.8 Å². The van der Waals surface area contributed by atoms with Crippen LogP contribution in [0.25, 0.3) is 0 Å². The molecule has 0 saturated carbocycles. The molecule has 4 amide bonds. The smallest absolute Gasteiger partial charge is 0.407 e. The molecule has 1 aromatic heterocycles. The van der Waals surface area contributed by atoms with Gasteiger partial charge in [-0.05, 0) is 27.2 Å². The SMILES string of the molecule is CC(C)(C)OC(=O)NCCOCCOCCNC(=O)c1cc(=O)n(C2CCC(=O)NC2=O)cn1. The maximum absolute atomic E-state index is 12.3. The average molecular weight is 482 g/mol. The van der Waals surface area contributed by atoms with Crippen molar-refractivity contribution in [1.82, 2.24) is 25.5 Å². The van der Waals surface area contributed by atoms with E-state index in [-0.39, 0.29) is 37.6 Å². The van der Waals surface area contributed by atoms with Gasteiger partial charge in [-0.1, -0.05) is 0 Å². The molecule has 0 spiro atoms. The lowest BCUT2D eigenvalue weighted by Gasteiger charge is -2.22. The zero-order chi connectivity index (χ0) is 25.1. The number of ether oxygens (including phenoxy) is 3. The molecule has 1 atom stereocenters. The molecule has 0 aliphatic carbocycles. The topological polar surface area (TPSA) is 167 Å². The van der Waals surface area contributed by atoms with Gasteiger partial charge in [0.05, 0.1) is 32.8 Å². The largest absolute Gasteiger partial charge is 0.444 e. The summed E-state index contributed by atoms with van der Waals surface area (Å²) in [6.07, 6.45) is 0.937. The molecule has 1 aliphatic rings. The van der Waals surface area contributed by atoms with E-state index in [0.717, 1.165) is 17.0 Å². The first-order valence-electron chi connectivity index (χ1n) is 10.9. The highest BCUT2D eigenvalue weighted by Crippen LogP contribution is 2.16. The predicted octanol–water partition coefficient (Wildman–Crippen LogP) is -0.491. The van der Waals surface area contributed by atoms with Crippen molar-refractivity contribution in [2.24, 2.45) is 0 Å². The van der Waals surface area contributed by atoms with E-state index in [9.17, 15) is 24.0 Å². The molecule has 0 bridgehead atoms. The molecule has 13 nitrogen and oxygen atoms in total. The number of hydrogen-bond acceptors (Lipinski definition) is 9. The molecular formula is C21H31N5O8. The van der Waals surface area contributed by atoms with E-state index in [1.807, 2.05) is 0 Å². The second-order valence-electron chi connectivity index (χ2n) is 8.40. The third-order valence-electron chi connectivity index (χ3n) is 4.43. The third-order valence-corrected chi connectivity index (χ3v) is 4.43. The maximum atomic E-state index is 12.3. The Hall–Kier alpha value is -3.32. The number of aromatic nitrogens is 2.